The molecule has 23 heavy (non-hydrogen) atoms. The van der Waals surface area contributed by atoms with Gasteiger partial charge in [-0.3, -0.25) is 0 Å². The summed E-state index contributed by atoms with van der Waals surface area (Å²) in [5, 5.41) is 2.60. The molecule has 0 amide bonds. The van der Waals surface area contributed by atoms with Crippen molar-refractivity contribution < 1.29 is 4.74 Å². The molecule has 0 atom stereocenters. The Hall–Kier alpha value is -2.13. The predicted molar refractivity (Wildman–Crippen MR) is 95.1 cm³/mol. The number of unbranched alkanes of at least 4 members (excludes halogenated alkanes) is 1. The van der Waals surface area contributed by atoms with Crippen molar-refractivity contribution in [2.24, 2.45) is 0 Å². The molecule has 0 aliphatic carbocycles. The Morgan fingerprint density at radius 2 is 2.00 bits per heavy atom. The lowest BCUT2D eigenvalue weighted by Crippen LogP contribution is -1.98. The van der Waals surface area contributed by atoms with Crippen LogP contribution in [-0.2, 0) is 6.42 Å². The van der Waals surface area contributed by atoms with Crippen molar-refractivity contribution in [3.63, 3.8) is 0 Å². The summed E-state index contributed by atoms with van der Waals surface area (Å²) in [6.07, 6.45) is 4.92. The van der Waals surface area contributed by atoms with Gasteiger partial charge in [-0.15, -0.1) is 0 Å². The van der Waals surface area contributed by atoms with E-state index in [1.807, 2.05) is 12.3 Å². The molecule has 4 heteroatoms. The highest BCUT2D eigenvalue weighted by atomic mass is 35.5. The highest BCUT2D eigenvalue weighted by molar-refractivity contribution is 6.28. The zero-order chi connectivity index (χ0) is 16.2. The molecule has 0 aliphatic heterocycles. The third-order valence-electron chi connectivity index (χ3n) is 3.98. The van der Waals surface area contributed by atoms with Crippen molar-refractivity contribution >= 4 is 22.4 Å². The number of nitrogens with zero attached hydrogens (tertiary/aromatic N) is 2. The summed E-state index contributed by atoms with van der Waals surface area (Å²) < 4.78 is 5.38. The van der Waals surface area contributed by atoms with Gasteiger partial charge < -0.3 is 4.74 Å². The Kier molecular flexibility index (Phi) is 4.77. The van der Waals surface area contributed by atoms with E-state index in [4.69, 9.17) is 16.3 Å². The zero-order valence-corrected chi connectivity index (χ0v) is 14.1. The third kappa shape index (κ3) is 3.30. The minimum absolute atomic E-state index is 0.303. The molecule has 3 nitrogen and oxygen atoms in total. The van der Waals surface area contributed by atoms with Crippen molar-refractivity contribution in [1.29, 1.82) is 0 Å². The summed E-state index contributed by atoms with van der Waals surface area (Å²) >= 11 is 6.01. The van der Waals surface area contributed by atoms with Crippen molar-refractivity contribution in [1.82, 2.24) is 9.97 Å². The second-order valence-corrected chi connectivity index (χ2v) is 5.83. The summed E-state index contributed by atoms with van der Waals surface area (Å²) in [6, 6.07) is 12.4. The molecule has 0 aliphatic rings. The maximum Gasteiger partial charge on any atom is 0.222 e. The fourth-order valence-corrected chi connectivity index (χ4v) is 2.92. The Labute approximate surface area is 141 Å². The molecule has 0 bridgehead atoms. The number of benzene rings is 2. The molecule has 3 rings (SSSR count). The SMILES string of the molecule is CCCCc1nc(Cl)ncc1-c1cccc2ccc(OC)cc12. The molecule has 2 aromatic carbocycles. The maximum absolute atomic E-state index is 6.01. The molecular weight excluding hydrogens is 308 g/mol. The van der Waals surface area contributed by atoms with Crippen LogP contribution in [-0.4, -0.2) is 17.1 Å². The van der Waals surface area contributed by atoms with Gasteiger partial charge >= 0.3 is 0 Å². The Morgan fingerprint density at radius 3 is 2.78 bits per heavy atom. The first-order chi connectivity index (χ1) is 11.2. The fraction of sp³-hybridized carbons (Fsp3) is 0.263. The van der Waals surface area contributed by atoms with Crippen LogP contribution in [0.15, 0.2) is 42.6 Å². The quantitative estimate of drug-likeness (QED) is 0.597. The van der Waals surface area contributed by atoms with Crippen LogP contribution in [0.2, 0.25) is 5.28 Å². The summed E-state index contributed by atoms with van der Waals surface area (Å²) in [7, 11) is 1.68. The molecule has 118 valence electrons. The number of ether oxygens (including phenoxy) is 1. The molecule has 1 aromatic heterocycles. The number of aryl methyl sites for hydroxylation is 1. The smallest absolute Gasteiger partial charge is 0.222 e. The molecule has 0 fully saturated rings. The van der Waals surface area contributed by atoms with Gasteiger partial charge in [-0.05, 0) is 52.9 Å². The van der Waals surface area contributed by atoms with E-state index in [1.54, 1.807) is 7.11 Å². The number of fused-ring (bicyclic) bond motifs is 1. The Morgan fingerprint density at radius 1 is 1.13 bits per heavy atom. The van der Waals surface area contributed by atoms with Crippen LogP contribution in [0.1, 0.15) is 25.5 Å². The number of methoxy groups -OCH3 is 1. The lowest BCUT2D eigenvalue weighted by molar-refractivity contribution is 0.415. The van der Waals surface area contributed by atoms with E-state index in [0.717, 1.165) is 47.2 Å². The molecule has 0 spiro atoms. The summed E-state index contributed by atoms with van der Waals surface area (Å²) in [6.45, 7) is 2.17. The highest BCUT2D eigenvalue weighted by Crippen LogP contribution is 2.33. The topological polar surface area (TPSA) is 35.0 Å². The number of hydrogen-bond acceptors (Lipinski definition) is 3. The van der Waals surface area contributed by atoms with Gasteiger partial charge in [0, 0.05) is 11.8 Å². The lowest BCUT2D eigenvalue weighted by Gasteiger charge is -2.12. The van der Waals surface area contributed by atoms with Gasteiger partial charge in [-0.1, -0.05) is 37.6 Å². The second-order valence-electron chi connectivity index (χ2n) is 5.50. The van der Waals surface area contributed by atoms with Gasteiger partial charge in [0.15, 0.2) is 0 Å². The molecule has 0 saturated heterocycles. The summed E-state index contributed by atoms with van der Waals surface area (Å²) in [5.41, 5.74) is 3.16. The van der Waals surface area contributed by atoms with Crippen molar-refractivity contribution in [2.45, 2.75) is 26.2 Å². The van der Waals surface area contributed by atoms with Crippen LogP contribution in [0, 0.1) is 0 Å². The van der Waals surface area contributed by atoms with Crippen molar-refractivity contribution in [2.75, 3.05) is 7.11 Å². The number of hydrogen-bond donors (Lipinski definition) is 0. The van der Waals surface area contributed by atoms with Crippen LogP contribution in [0.4, 0.5) is 0 Å². The van der Waals surface area contributed by atoms with Gasteiger partial charge in [0.1, 0.15) is 5.75 Å². The molecule has 0 radical (unpaired) electrons. The standard InChI is InChI=1S/C19H19ClN2O/c1-3-4-8-18-17(12-21-19(20)22-18)15-7-5-6-13-9-10-14(23-2)11-16(13)15/h5-7,9-12H,3-4,8H2,1-2H3. The minimum Gasteiger partial charge on any atom is -0.497 e. The second kappa shape index (κ2) is 6.97. The summed E-state index contributed by atoms with van der Waals surface area (Å²) in [5.74, 6) is 0.843. The molecule has 1 heterocycles. The number of halogens is 1. The molecule has 0 saturated carbocycles. The molecule has 3 aromatic rings. The van der Waals surface area contributed by atoms with E-state index in [0.29, 0.717) is 5.28 Å². The van der Waals surface area contributed by atoms with Crippen molar-refractivity contribution in [3.05, 3.63) is 53.6 Å². The fourth-order valence-electron chi connectivity index (χ4n) is 2.77. The monoisotopic (exact) mass is 326 g/mol. The van der Waals surface area contributed by atoms with Gasteiger partial charge in [0.05, 0.1) is 12.8 Å². The minimum atomic E-state index is 0.303. The van der Waals surface area contributed by atoms with Crippen LogP contribution >= 0.6 is 11.6 Å². The average molecular weight is 327 g/mol. The van der Waals surface area contributed by atoms with E-state index < -0.39 is 0 Å². The zero-order valence-electron chi connectivity index (χ0n) is 13.3. The normalized spacial score (nSPS) is 10.9. The van der Waals surface area contributed by atoms with Gasteiger partial charge in [0.25, 0.3) is 0 Å². The molecule has 0 unspecified atom stereocenters. The van der Waals surface area contributed by atoms with E-state index >= 15 is 0 Å². The van der Waals surface area contributed by atoms with Gasteiger partial charge in [-0.25, -0.2) is 9.97 Å². The first-order valence-corrected chi connectivity index (χ1v) is 8.19. The lowest BCUT2D eigenvalue weighted by atomic mass is 9.96. The number of rotatable bonds is 5. The Bertz CT molecular complexity index is 833. The van der Waals surface area contributed by atoms with Gasteiger partial charge in [0.2, 0.25) is 5.28 Å². The first kappa shape index (κ1) is 15.8. The van der Waals surface area contributed by atoms with Crippen LogP contribution < -0.4 is 4.74 Å². The molecular formula is C19H19ClN2O. The highest BCUT2D eigenvalue weighted by Gasteiger charge is 2.12. The van der Waals surface area contributed by atoms with Crippen LogP contribution in [0.25, 0.3) is 21.9 Å². The van der Waals surface area contributed by atoms with E-state index in [2.05, 4.69) is 47.2 Å². The summed E-state index contributed by atoms with van der Waals surface area (Å²) in [4.78, 5) is 8.66. The van der Waals surface area contributed by atoms with E-state index in [-0.39, 0.29) is 0 Å². The largest absolute Gasteiger partial charge is 0.497 e. The number of aromatic nitrogens is 2. The first-order valence-electron chi connectivity index (χ1n) is 7.81. The van der Waals surface area contributed by atoms with Gasteiger partial charge in [-0.2, -0.15) is 0 Å². The third-order valence-corrected chi connectivity index (χ3v) is 4.17. The van der Waals surface area contributed by atoms with Crippen LogP contribution in [0.3, 0.4) is 0 Å². The Balaban J connectivity index is 2.20. The van der Waals surface area contributed by atoms with Crippen molar-refractivity contribution in [3.8, 4) is 16.9 Å². The predicted octanol–water partition coefficient (Wildman–Crippen LogP) is 5.30. The maximum atomic E-state index is 6.01. The average Bonchev–Trinajstić information content (AvgIpc) is 2.59. The van der Waals surface area contributed by atoms with E-state index in [9.17, 15) is 0 Å². The molecule has 0 N–H and O–H groups in total. The van der Waals surface area contributed by atoms with Crippen LogP contribution in [0.5, 0.6) is 5.75 Å². The van der Waals surface area contributed by atoms with E-state index in [1.165, 1.54) is 5.39 Å².